The van der Waals surface area contributed by atoms with Crippen LogP contribution in [0.4, 0.5) is 11.5 Å². The molecule has 0 spiro atoms. The Kier molecular flexibility index (Phi) is 8.24. The van der Waals surface area contributed by atoms with Crippen molar-refractivity contribution < 1.29 is 9.53 Å². The van der Waals surface area contributed by atoms with Crippen LogP contribution < -0.4 is 14.5 Å². The summed E-state index contributed by atoms with van der Waals surface area (Å²) in [5.74, 6) is 0.742. The molecule has 4 heterocycles. The maximum Gasteiger partial charge on any atom is 0.318 e. The average Bonchev–Trinajstić information content (AvgIpc) is 3.50. The van der Waals surface area contributed by atoms with Gasteiger partial charge in [0.15, 0.2) is 0 Å². The monoisotopic (exact) mass is 565 g/mol. The zero-order valence-corrected chi connectivity index (χ0v) is 24.4. The van der Waals surface area contributed by atoms with E-state index < -0.39 is 0 Å². The molecule has 9 heteroatoms. The summed E-state index contributed by atoms with van der Waals surface area (Å²) >= 11 is 0. The molecule has 1 amide bonds. The smallest absolute Gasteiger partial charge is 0.318 e. The Morgan fingerprint density at radius 3 is 2.79 bits per heavy atom. The first-order valence-electron chi connectivity index (χ1n) is 15.1. The fraction of sp³-hybridized carbons (Fsp3) is 0.455. The molecule has 0 unspecified atom stereocenters. The highest BCUT2D eigenvalue weighted by Crippen LogP contribution is 2.35. The molecule has 2 fully saturated rings. The number of ether oxygens (including phenoxy) is 1. The predicted octanol–water partition coefficient (Wildman–Crippen LogP) is 4.17. The molecule has 9 nitrogen and oxygen atoms in total. The number of hydrogen-bond acceptors (Lipinski definition) is 8. The van der Waals surface area contributed by atoms with Crippen LogP contribution >= 0.6 is 0 Å². The Labute approximate surface area is 248 Å². The van der Waals surface area contributed by atoms with Gasteiger partial charge in [0.25, 0.3) is 0 Å². The van der Waals surface area contributed by atoms with E-state index in [0.717, 1.165) is 49.6 Å². The summed E-state index contributed by atoms with van der Waals surface area (Å²) in [5.41, 5.74) is 3.32. The van der Waals surface area contributed by atoms with Gasteiger partial charge < -0.3 is 19.4 Å². The van der Waals surface area contributed by atoms with Crippen LogP contribution in [0, 0.1) is 11.3 Å². The van der Waals surface area contributed by atoms with E-state index in [1.165, 1.54) is 29.0 Å². The molecule has 2 atom stereocenters. The van der Waals surface area contributed by atoms with Gasteiger partial charge in [0.1, 0.15) is 12.4 Å². The number of piperazine rings is 1. The fourth-order valence-corrected chi connectivity index (χ4v) is 6.81. The van der Waals surface area contributed by atoms with Gasteiger partial charge in [-0.25, -0.2) is 0 Å². The first-order valence-corrected chi connectivity index (χ1v) is 15.1. The number of nitrogens with zero attached hydrogens (tertiary/aromatic N) is 7. The molecule has 3 aliphatic heterocycles. The maximum absolute atomic E-state index is 12.5. The minimum absolute atomic E-state index is 0.133. The summed E-state index contributed by atoms with van der Waals surface area (Å²) in [7, 11) is 0. The van der Waals surface area contributed by atoms with Gasteiger partial charge in [0.05, 0.1) is 30.8 Å². The molecule has 3 aliphatic rings. The van der Waals surface area contributed by atoms with Crippen molar-refractivity contribution in [1.82, 2.24) is 19.8 Å². The molecule has 0 aliphatic carbocycles. The number of likely N-dealkylation sites (tertiary alicyclic amines) is 1. The number of aromatic nitrogens is 2. The van der Waals surface area contributed by atoms with Gasteiger partial charge in [-0.3, -0.25) is 9.69 Å². The van der Waals surface area contributed by atoms with Crippen molar-refractivity contribution in [3.8, 4) is 12.1 Å². The van der Waals surface area contributed by atoms with E-state index in [2.05, 4.69) is 76.7 Å². The molecule has 218 valence electrons. The van der Waals surface area contributed by atoms with E-state index in [9.17, 15) is 10.1 Å². The molecule has 42 heavy (non-hydrogen) atoms. The third-order valence-corrected chi connectivity index (χ3v) is 9.01. The summed E-state index contributed by atoms with van der Waals surface area (Å²) in [6.07, 6.45) is 4.70. The summed E-state index contributed by atoms with van der Waals surface area (Å²) in [6.45, 7) is 11.7. The number of amides is 1. The topological polar surface area (TPSA) is 88.8 Å². The van der Waals surface area contributed by atoms with Crippen molar-refractivity contribution in [2.24, 2.45) is 0 Å². The summed E-state index contributed by atoms with van der Waals surface area (Å²) < 4.78 is 6.34. The van der Waals surface area contributed by atoms with Crippen molar-refractivity contribution in [3.05, 3.63) is 66.4 Å². The van der Waals surface area contributed by atoms with Crippen molar-refractivity contribution in [2.75, 3.05) is 55.7 Å². The molecule has 3 aromatic rings. The zero-order valence-electron chi connectivity index (χ0n) is 24.4. The maximum atomic E-state index is 12.5. The molecule has 0 N–H and O–H groups in total. The van der Waals surface area contributed by atoms with Gasteiger partial charge in [-0.15, -0.1) is 0 Å². The van der Waals surface area contributed by atoms with Gasteiger partial charge in [-0.1, -0.05) is 49.9 Å². The molecule has 0 saturated carbocycles. The Hall–Kier alpha value is -4.16. The number of carbonyl (C=O) groups is 1. The minimum Gasteiger partial charge on any atom is -0.462 e. The van der Waals surface area contributed by atoms with Crippen LogP contribution in [0.1, 0.15) is 37.4 Å². The van der Waals surface area contributed by atoms with E-state index >= 15 is 0 Å². The Bertz CT molecular complexity index is 1500. The summed E-state index contributed by atoms with van der Waals surface area (Å²) in [4.78, 5) is 31.4. The van der Waals surface area contributed by atoms with E-state index in [1.54, 1.807) is 4.90 Å². The lowest BCUT2D eigenvalue weighted by atomic mass is 10.0. The lowest BCUT2D eigenvalue weighted by Gasteiger charge is -2.42. The van der Waals surface area contributed by atoms with Crippen molar-refractivity contribution >= 4 is 28.2 Å². The van der Waals surface area contributed by atoms with Crippen LogP contribution in [0.5, 0.6) is 6.01 Å². The quantitative estimate of drug-likeness (QED) is 0.376. The van der Waals surface area contributed by atoms with E-state index in [-0.39, 0.29) is 18.4 Å². The van der Waals surface area contributed by atoms with E-state index in [4.69, 9.17) is 14.7 Å². The summed E-state index contributed by atoms with van der Waals surface area (Å²) in [6, 6.07) is 17.8. The second kappa shape index (κ2) is 12.4. The highest BCUT2D eigenvalue weighted by molar-refractivity contribution is 5.94. The molecule has 2 aromatic carbocycles. The van der Waals surface area contributed by atoms with Gasteiger partial charge in [-0.2, -0.15) is 15.2 Å². The van der Waals surface area contributed by atoms with Crippen molar-refractivity contribution in [3.63, 3.8) is 0 Å². The largest absolute Gasteiger partial charge is 0.462 e. The highest BCUT2D eigenvalue weighted by Gasteiger charge is 2.33. The second-order valence-electron chi connectivity index (χ2n) is 11.4. The lowest BCUT2D eigenvalue weighted by molar-refractivity contribution is -0.128. The van der Waals surface area contributed by atoms with Crippen LogP contribution in [0.2, 0.25) is 0 Å². The number of hydrogen-bond donors (Lipinski definition) is 0. The van der Waals surface area contributed by atoms with Crippen molar-refractivity contribution in [2.45, 2.75) is 51.2 Å². The number of anilines is 2. The highest BCUT2D eigenvalue weighted by atomic mass is 16.5. The SMILES string of the molecule is C=CC(=O)N1CCN(c2nc(OC[C@H]3CCCN3CC)nc3c2CCN(c2cccc4ccccc24)C3)C[C@@H]1CC#N. The second-order valence-corrected chi connectivity index (χ2v) is 11.4. The summed E-state index contributed by atoms with van der Waals surface area (Å²) in [5, 5.41) is 12.0. The van der Waals surface area contributed by atoms with Crippen LogP contribution in [0.25, 0.3) is 10.8 Å². The number of carbonyl (C=O) groups excluding carboxylic acids is 1. The Balaban J connectivity index is 1.32. The molecule has 0 radical (unpaired) electrons. The molecule has 1 aromatic heterocycles. The minimum atomic E-state index is -0.225. The number of nitriles is 1. The number of likely N-dealkylation sites (N-methyl/N-ethyl adjacent to an activating group) is 1. The molecule has 6 rings (SSSR count). The predicted molar refractivity (Wildman–Crippen MR) is 165 cm³/mol. The number of rotatable bonds is 8. The Morgan fingerprint density at radius 1 is 1.10 bits per heavy atom. The Morgan fingerprint density at radius 2 is 1.95 bits per heavy atom. The van der Waals surface area contributed by atoms with Gasteiger partial charge in [0, 0.05) is 48.9 Å². The van der Waals surface area contributed by atoms with Crippen LogP contribution in [0.3, 0.4) is 0 Å². The first-order chi connectivity index (χ1) is 20.6. The van der Waals surface area contributed by atoms with Crippen molar-refractivity contribution in [1.29, 1.82) is 5.26 Å². The third kappa shape index (κ3) is 5.51. The van der Waals surface area contributed by atoms with Crippen LogP contribution in [-0.4, -0.2) is 83.6 Å². The van der Waals surface area contributed by atoms with Crippen LogP contribution in [-0.2, 0) is 17.8 Å². The molecular formula is C33H39N7O2. The van der Waals surface area contributed by atoms with Gasteiger partial charge in [-0.05, 0) is 49.9 Å². The van der Waals surface area contributed by atoms with Crippen LogP contribution in [0.15, 0.2) is 55.1 Å². The molecule has 0 bridgehead atoms. The standard InChI is InChI=1S/C33H39N7O2/c1-3-31(41)40-20-19-39(21-25(40)14-16-34)32-28-15-18-38(30-13-7-10-24-9-5-6-12-27(24)30)22-29(28)35-33(36-32)42-23-26-11-8-17-37(26)4-2/h3,5-7,9-10,12-13,25-26H,1,4,8,11,14-15,17-23H2,2H3/t25-,26+/m0/s1. The third-order valence-electron chi connectivity index (χ3n) is 9.01. The van der Waals surface area contributed by atoms with Gasteiger partial charge >= 0.3 is 6.01 Å². The normalized spacial score (nSPS) is 20.8. The first kappa shape index (κ1) is 28.0. The lowest BCUT2D eigenvalue weighted by Crippen LogP contribution is -2.55. The molecule has 2 saturated heterocycles. The molecular weight excluding hydrogens is 526 g/mol. The van der Waals surface area contributed by atoms with Gasteiger partial charge in [0.2, 0.25) is 5.91 Å². The van der Waals surface area contributed by atoms with E-state index in [1.807, 2.05) is 0 Å². The zero-order chi connectivity index (χ0) is 29.1. The average molecular weight is 566 g/mol. The number of benzene rings is 2. The fourth-order valence-electron chi connectivity index (χ4n) is 6.81. The van der Waals surface area contributed by atoms with E-state index in [0.29, 0.717) is 44.8 Å². The number of fused-ring (bicyclic) bond motifs is 2.